The standard InChI is InChI=1S/C17H23ClN2O/c18-15-6-4-14(5-7-15)12-17(21)20-11-8-16(13-20)19-9-2-1-3-10-19/h4-7,16H,1-3,8-13H2/t16-/m1/s1. The Morgan fingerprint density at radius 2 is 1.81 bits per heavy atom. The van der Waals surface area contributed by atoms with E-state index in [2.05, 4.69) is 4.90 Å². The number of halogens is 1. The number of carbonyl (C=O) groups is 1. The molecular formula is C17H23ClN2O. The fourth-order valence-electron chi connectivity index (χ4n) is 3.44. The van der Waals surface area contributed by atoms with Crippen LogP contribution in [0.2, 0.25) is 5.02 Å². The van der Waals surface area contributed by atoms with Crippen molar-refractivity contribution in [2.24, 2.45) is 0 Å². The first-order valence-electron chi connectivity index (χ1n) is 7.98. The lowest BCUT2D eigenvalue weighted by Gasteiger charge is -2.32. The second-order valence-electron chi connectivity index (χ2n) is 6.18. The zero-order valence-corrected chi connectivity index (χ0v) is 13.2. The van der Waals surface area contributed by atoms with E-state index in [9.17, 15) is 4.79 Å². The summed E-state index contributed by atoms with van der Waals surface area (Å²) in [7, 11) is 0. The Hall–Kier alpha value is -1.06. The van der Waals surface area contributed by atoms with Crippen molar-refractivity contribution >= 4 is 17.5 Å². The van der Waals surface area contributed by atoms with Crippen molar-refractivity contribution < 1.29 is 4.79 Å². The van der Waals surface area contributed by atoms with Gasteiger partial charge in [-0.3, -0.25) is 9.69 Å². The van der Waals surface area contributed by atoms with Crippen LogP contribution in [-0.2, 0) is 11.2 Å². The maximum absolute atomic E-state index is 12.4. The van der Waals surface area contributed by atoms with Gasteiger partial charge in [0.25, 0.3) is 0 Å². The molecule has 2 heterocycles. The molecule has 3 nitrogen and oxygen atoms in total. The molecule has 4 heteroatoms. The van der Waals surface area contributed by atoms with Gasteiger partial charge in [-0.1, -0.05) is 30.2 Å². The van der Waals surface area contributed by atoms with Gasteiger partial charge in [0.2, 0.25) is 5.91 Å². The molecule has 3 rings (SSSR count). The average Bonchev–Trinajstić information content (AvgIpc) is 3.00. The molecule has 2 saturated heterocycles. The Bertz CT molecular complexity index is 482. The van der Waals surface area contributed by atoms with E-state index in [4.69, 9.17) is 11.6 Å². The summed E-state index contributed by atoms with van der Waals surface area (Å²) in [6, 6.07) is 8.17. The predicted octanol–water partition coefficient (Wildman–Crippen LogP) is 2.97. The van der Waals surface area contributed by atoms with Crippen LogP contribution in [0.3, 0.4) is 0 Å². The molecule has 1 amide bonds. The minimum absolute atomic E-state index is 0.247. The molecule has 0 spiro atoms. The molecule has 0 aromatic heterocycles. The maximum atomic E-state index is 12.4. The summed E-state index contributed by atoms with van der Waals surface area (Å²) in [6.07, 6.45) is 5.61. The summed E-state index contributed by atoms with van der Waals surface area (Å²) < 4.78 is 0. The molecule has 0 saturated carbocycles. The van der Waals surface area contributed by atoms with Gasteiger partial charge >= 0.3 is 0 Å². The number of amides is 1. The van der Waals surface area contributed by atoms with Gasteiger partial charge < -0.3 is 4.90 Å². The fourth-order valence-corrected chi connectivity index (χ4v) is 3.56. The molecule has 2 aliphatic rings. The predicted molar refractivity (Wildman–Crippen MR) is 85.6 cm³/mol. The minimum atomic E-state index is 0.247. The van der Waals surface area contributed by atoms with Crippen molar-refractivity contribution in [3.8, 4) is 0 Å². The highest BCUT2D eigenvalue weighted by molar-refractivity contribution is 6.30. The first kappa shape index (κ1) is 14.9. The lowest BCUT2D eigenvalue weighted by molar-refractivity contribution is -0.129. The van der Waals surface area contributed by atoms with E-state index in [0.29, 0.717) is 12.5 Å². The van der Waals surface area contributed by atoms with Crippen molar-refractivity contribution in [2.75, 3.05) is 26.2 Å². The summed E-state index contributed by atoms with van der Waals surface area (Å²) in [4.78, 5) is 17.0. The highest BCUT2D eigenvalue weighted by Crippen LogP contribution is 2.21. The van der Waals surface area contributed by atoms with Crippen LogP contribution in [0.15, 0.2) is 24.3 Å². The Balaban J connectivity index is 1.53. The second kappa shape index (κ2) is 6.80. The van der Waals surface area contributed by atoms with Gasteiger partial charge in [0.1, 0.15) is 0 Å². The van der Waals surface area contributed by atoms with Crippen molar-refractivity contribution in [2.45, 2.75) is 38.1 Å². The van der Waals surface area contributed by atoms with Crippen LogP contribution in [0.1, 0.15) is 31.2 Å². The summed E-state index contributed by atoms with van der Waals surface area (Å²) in [5.41, 5.74) is 1.05. The molecule has 2 fully saturated rings. The van der Waals surface area contributed by atoms with E-state index in [-0.39, 0.29) is 5.91 Å². The normalized spacial score (nSPS) is 23.5. The first-order chi connectivity index (χ1) is 10.2. The van der Waals surface area contributed by atoms with Crippen LogP contribution in [-0.4, -0.2) is 47.9 Å². The number of hydrogen-bond donors (Lipinski definition) is 0. The van der Waals surface area contributed by atoms with Gasteiger partial charge in [-0.2, -0.15) is 0 Å². The zero-order valence-electron chi connectivity index (χ0n) is 12.4. The Labute approximate surface area is 131 Å². The molecule has 0 unspecified atom stereocenters. The lowest BCUT2D eigenvalue weighted by Crippen LogP contribution is -2.41. The third kappa shape index (κ3) is 3.78. The Morgan fingerprint density at radius 1 is 1.10 bits per heavy atom. The Morgan fingerprint density at radius 3 is 2.52 bits per heavy atom. The van der Waals surface area contributed by atoms with Crippen LogP contribution >= 0.6 is 11.6 Å². The molecule has 1 atom stereocenters. The Kier molecular flexibility index (Phi) is 4.81. The number of rotatable bonds is 3. The number of likely N-dealkylation sites (tertiary alicyclic amines) is 2. The monoisotopic (exact) mass is 306 g/mol. The quantitative estimate of drug-likeness (QED) is 0.857. The SMILES string of the molecule is O=C(Cc1ccc(Cl)cc1)N1CC[C@@H](N2CCCCC2)C1. The molecule has 1 aromatic rings. The van der Waals surface area contributed by atoms with Crippen LogP contribution in [0.25, 0.3) is 0 Å². The van der Waals surface area contributed by atoms with E-state index in [0.717, 1.165) is 30.1 Å². The van der Waals surface area contributed by atoms with Crippen LogP contribution in [0, 0.1) is 0 Å². The second-order valence-corrected chi connectivity index (χ2v) is 6.62. The summed E-state index contributed by atoms with van der Waals surface area (Å²) >= 11 is 5.88. The topological polar surface area (TPSA) is 23.6 Å². The molecule has 1 aromatic carbocycles. The molecule has 21 heavy (non-hydrogen) atoms. The van der Waals surface area contributed by atoms with Crippen LogP contribution in [0.4, 0.5) is 0 Å². The first-order valence-corrected chi connectivity index (χ1v) is 8.36. The summed E-state index contributed by atoms with van der Waals surface area (Å²) in [5, 5.41) is 0.720. The zero-order chi connectivity index (χ0) is 14.7. The number of piperidine rings is 1. The number of hydrogen-bond acceptors (Lipinski definition) is 2. The fraction of sp³-hybridized carbons (Fsp3) is 0.588. The maximum Gasteiger partial charge on any atom is 0.227 e. The molecule has 114 valence electrons. The van der Waals surface area contributed by atoms with Gasteiger partial charge in [0, 0.05) is 24.2 Å². The highest BCUT2D eigenvalue weighted by atomic mass is 35.5. The third-order valence-corrected chi connectivity index (χ3v) is 4.94. The van der Waals surface area contributed by atoms with E-state index in [1.807, 2.05) is 29.2 Å². The molecule has 0 aliphatic carbocycles. The molecule has 0 N–H and O–H groups in total. The van der Waals surface area contributed by atoms with Crippen LogP contribution < -0.4 is 0 Å². The van der Waals surface area contributed by atoms with Gasteiger partial charge in [-0.25, -0.2) is 0 Å². The largest absolute Gasteiger partial charge is 0.341 e. The number of nitrogens with zero attached hydrogens (tertiary/aromatic N) is 2. The van der Waals surface area contributed by atoms with Gasteiger partial charge in [0.05, 0.1) is 6.42 Å². The highest BCUT2D eigenvalue weighted by Gasteiger charge is 2.30. The van der Waals surface area contributed by atoms with Crippen molar-refractivity contribution in [3.05, 3.63) is 34.9 Å². The lowest BCUT2D eigenvalue weighted by atomic mass is 10.1. The number of carbonyl (C=O) groups excluding carboxylic acids is 1. The smallest absolute Gasteiger partial charge is 0.227 e. The van der Waals surface area contributed by atoms with Crippen molar-refractivity contribution in [1.82, 2.24) is 9.80 Å². The van der Waals surface area contributed by atoms with E-state index < -0.39 is 0 Å². The molecule has 2 aliphatic heterocycles. The van der Waals surface area contributed by atoms with Gasteiger partial charge in [0.15, 0.2) is 0 Å². The van der Waals surface area contributed by atoms with Crippen molar-refractivity contribution in [1.29, 1.82) is 0 Å². The van der Waals surface area contributed by atoms with E-state index in [1.165, 1.54) is 32.4 Å². The molecular weight excluding hydrogens is 284 g/mol. The van der Waals surface area contributed by atoms with Crippen LogP contribution in [0.5, 0.6) is 0 Å². The third-order valence-electron chi connectivity index (χ3n) is 4.69. The van der Waals surface area contributed by atoms with Crippen molar-refractivity contribution in [3.63, 3.8) is 0 Å². The molecule has 0 bridgehead atoms. The minimum Gasteiger partial charge on any atom is -0.341 e. The average molecular weight is 307 g/mol. The van der Waals surface area contributed by atoms with Gasteiger partial charge in [-0.15, -0.1) is 0 Å². The number of benzene rings is 1. The van der Waals surface area contributed by atoms with E-state index in [1.54, 1.807) is 0 Å². The van der Waals surface area contributed by atoms with Gasteiger partial charge in [-0.05, 0) is 50.0 Å². The summed E-state index contributed by atoms with van der Waals surface area (Å²) in [5.74, 6) is 0.247. The van der Waals surface area contributed by atoms with E-state index >= 15 is 0 Å². The summed E-state index contributed by atoms with van der Waals surface area (Å²) in [6.45, 7) is 4.24. The molecule has 0 radical (unpaired) electrons.